The number of nitrogens with one attached hydrogen (secondary N) is 12. The van der Waals surface area contributed by atoms with E-state index in [0.717, 1.165) is 16.0 Å². The van der Waals surface area contributed by atoms with Crippen molar-refractivity contribution in [1.82, 2.24) is 58.1 Å². The monoisotopic (exact) mass is 1880 g/mol. The number of hydrogen-bond donors (Lipinski definition) is 18. The van der Waals surface area contributed by atoms with Crippen molar-refractivity contribution in [1.29, 1.82) is 0 Å². The lowest BCUT2D eigenvalue weighted by Crippen LogP contribution is -2.59. The van der Waals surface area contributed by atoms with Gasteiger partial charge < -0.3 is 124 Å². The average molecular weight is 1890 g/mol. The van der Waals surface area contributed by atoms with Crippen LogP contribution in [-0.4, -0.2) is 202 Å². The van der Waals surface area contributed by atoms with Gasteiger partial charge in [0.1, 0.15) is 76.8 Å². The maximum atomic E-state index is 15.2. The number of hydrogen-bond acceptors (Lipinski definition) is 24. The summed E-state index contributed by atoms with van der Waals surface area (Å²) in [6, 6.07) is 28.1. The minimum absolute atomic E-state index is 0.00916. The van der Waals surface area contributed by atoms with Crippen LogP contribution in [0.1, 0.15) is 146 Å². The van der Waals surface area contributed by atoms with Crippen molar-refractivity contribution >= 4 is 106 Å². The zero-order valence-electron chi connectivity index (χ0n) is 75.4. The highest BCUT2D eigenvalue weighted by Gasteiger charge is 2.54. The fourth-order valence-corrected chi connectivity index (χ4v) is 17.3. The van der Waals surface area contributed by atoms with E-state index in [0.29, 0.717) is 68.8 Å². The van der Waals surface area contributed by atoms with Crippen LogP contribution >= 0.6 is 12.2 Å². The zero-order valence-corrected chi connectivity index (χ0v) is 76.2. The molecule has 716 valence electrons. The second kappa shape index (κ2) is 45.2. The Balaban J connectivity index is 0.709. The maximum absolute atomic E-state index is 15.2. The number of nitrogens with zero attached hydrogens (tertiary/aromatic N) is 1. The van der Waals surface area contributed by atoms with Gasteiger partial charge in [0.05, 0.1) is 45.2 Å². The molecule has 136 heavy (non-hydrogen) atoms. The molecule has 3 aliphatic heterocycles. The minimum atomic E-state index is -1.56. The number of phenolic OH excluding ortho intramolecular Hbond substituents is 4. The van der Waals surface area contributed by atoms with Crippen molar-refractivity contribution in [2.75, 3.05) is 58.1 Å². The number of benzene rings is 7. The van der Waals surface area contributed by atoms with Gasteiger partial charge in [-0.1, -0.05) is 80.6 Å². The summed E-state index contributed by atoms with van der Waals surface area (Å²) < 4.78 is 29.6. The highest BCUT2D eigenvalue weighted by Crippen LogP contribution is 2.58. The van der Waals surface area contributed by atoms with Gasteiger partial charge in [-0.05, 0) is 195 Å². The zero-order chi connectivity index (χ0) is 97.8. The summed E-state index contributed by atoms with van der Waals surface area (Å²) >= 11 is 5.56. The number of carbonyl (C=O) groups is 13. The molecule has 3 heterocycles. The first-order chi connectivity index (χ1) is 65.1. The normalized spacial score (nSPS) is 15.3. The van der Waals surface area contributed by atoms with Crippen LogP contribution in [-0.2, 0) is 88.8 Å². The van der Waals surface area contributed by atoms with Gasteiger partial charge in [0.25, 0.3) is 0 Å². The molecule has 19 N–H and O–H groups in total. The Morgan fingerprint density at radius 3 is 1.78 bits per heavy atom. The molecule has 0 saturated carbocycles. The Morgan fingerprint density at radius 1 is 0.559 bits per heavy atom. The van der Waals surface area contributed by atoms with Crippen LogP contribution < -0.4 is 93.9 Å². The second-order valence-electron chi connectivity index (χ2n) is 33.7. The summed E-state index contributed by atoms with van der Waals surface area (Å²) in [4.78, 5) is 198. The lowest BCUT2D eigenvalue weighted by Gasteiger charge is -2.36. The van der Waals surface area contributed by atoms with Crippen LogP contribution in [0.2, 0.25) is 0 Å². The molecule has 1 saturated heterocycles. The number of rotatable bonds is 40. The van der Waals surface area contributed by atoms with E-state index in [1.165, 1.54) is 119 Å². The number of urea groups is 1. The average Bonchev–Trinajstić information content (AvgIpc) is 1.50. The number of aryl methyl sites for hydroxylation is 2. The number of phenols is 4. The van der Waals surface area contributed by atoms with Crippen molar-refractivity contribution < 1.29 is 112 Å². The van der Waals surface area contributed by atoms with Gasteiger partial charge in [-0.25, -0.2) is 9.59 Å². The molecule has 12 rings (SSSR count). The highest BCUT2D eigenvalue weighted by molar-refractivity contribution is 7.80. The summed E-state index contributed by atoms with van der Waals surface area (Å²) in [6.45, 7) is 3.81. The first kappa shape index (κ1) is 99.4. The molecule has 1 fully saturated rings. The Morgan fingerprint density at radius 2 is 1.16 bits per heavy atom. The minimum Gasteiger partial charge on any atom is -0.508 e. The molecule has 1 aliphatic carbocycles. The Bertz CT molecular complexity index is 5900. The number of fused-ring (bicyclic) bond motifs is 9. The largest absolute Gasteiger partial charge is 0.508 e. The molecule has 12 amide bonds. The summed E-state index contributed by atoms with van der Waals surface area (Å²) in [5, 5.41) is 83.9. The topological polar surface area (TPSA) is 560 Å². The van der Waals surface area contributed by atoms with Gasteiger partial charge in [-0.2, -0.15) is 0 Å². The third kappa shape index (κ3) is 24.8. The van der Waals surface area contributed by atoms with Crippen molar-refractivity contribution in [3.63, 3.8) is 0 Å². The highest BCUT2D eigenvalue weighted by atomic mass is 32.1. The van der Waals surface area contributed by atoms with E-state index in [-0.39, 0.29) is 158 Å². The van der Waals surface area contributed by atoms with Crippen molar-refractivity contribution in [3.05, 3.63) is 218 Å². The van der Waals surface area contributed by atoms with Crippen LogP contribution in [0, 0.1) is 5.92 Å². The quantitative estimate of drug-likeness (QED) is 0.0118. The number of aliphatic carboxylic acids is 1. The molecular weight excluding hydrogens is 1780 g/mol. The fraction of sp³-hybridized carbons (Fsp3) is 0.351. The van der Waals surface area contributed by atoms with Crippen molar-refractivity contribution in [2.45, 2.75) is 165 Å². The molecule has 39 heteroatoms. The SMILES string of the molecule is COc1cc2c(c(OC)c1OC)-c1ccc(NC(=O)[C@H](Cc3ccc(O)cc3)NC(=O)[C@H](CC(C)C)NC(=O)[C@H](Cc3ccc(O)cc3)NC(=O)[C@H](CCc3ccccc3)NC(=O)CNC(=O)[C@H](CCCNC(N)=O)NC(=O)[C@@H]3CCCN3C(=O)[C@H](CCC(=O)O)NC(=O)CCNC(=S)Nc3ccc4c(c3)C(=O)OC43c4ccc(O)cc4Oc4cc(O)ccc43)c(=O)cc1[C@@H](NC(C)=O)CC2. The number of nitrogens with two attached hydrogens (primary N) is 1. The number of esters is 1. The first-order valence-corrected chi connectivity index (χ1v) is 44.6. The molecule has 1 spiro atoms. The molecule has 0 bridgehead atoms. The number of carboxylic acid groups (broad SMARTS) is 1. The Hall–Kier alpha value is -15.6. The number of carbonyl (C=O) groups excluding carboxylic acids is 12. The molecule has 4 aliphatic rings. The summed E-state index contributed by atoms with van der Waals surface area (Å²) in [6.07, 6.45) is -0.977. The predicted molar refractivity (Wildman–Crippen MR) is 499 cm³/mol. The van der Waals surface area contributed by atoms with E-state index in [9.17, 15) is 78.3 Å². The van der Waals surface area contributed by atoms with E-state index >= 15 is 14.4 Å². The first-order valence-electron chi connectivity index (χ1n) is 44.2. The summed E-state index contributed by atoms with van der Waals surface area (Å²) in [5.74, 6) is -9.76. The van der Waals surface area contributed by atoms with Gasteiger partial charge in [0.15, 0.2) is 22.2 Å². The Kier molecular flexibility index (Phi) is 33.1. The van der Waals surface area contributed by atoms with E-state index in [1.807, 2.05) is 0 Å². The molecule has 8 aromatic rings. The van der Waals surface area contributed by atoms with Gasteiger partial charge in [0, 0.05) is 92.3 Å². The number of anilines is 2. The smallest absolute Gasteiger partial charge is 0.340 e. The molecule has 8 aromatic carbocycles. The standard InChI is InChI=1S/C97H108N14O24S/c1-51(2)42-73(89(124)110-74(43-54-16-23-58(113)24-17-54)90(125)106-69-35-29-62-63(49-77(69)117)68(102-52(3)112)34-21-56-45-80(131-4)85(132-5)86(133-6)84(56)62)108-91(126)75(44-55-18-25-59(114)26-19-55)109-88(123)71(33-20-53-12-8-7-9-13-53)104-82(119)50-101-87(122)70(14-10-39-99-95(98)130)107-92(127)76-15-11-41-111(76)93(128)72(36-37-83(120)121)105-81(118)38-40-100-96(136)103-57-22-30-65-64(46-57)94(129)135-97(65)66-31-27-60(115)47-78(66)134-79-48-61(116)28-32-67(79)97/h7-9,12-13,16-19,22-32,35,45-49,51,68,70-76,113-116H,10-11,14-15,20-21,33-34,36-44,50H2,1-6H3,(H,101,122)(H,102,112)(H,104,119)(H,105,118)(H,107,127)(H,108,126)(H,109,123)(H,110,124)(H,120,121)(H3,98,99,130)(H2,100,103,136)(H,106,117,125)/t68-,70-,71-,72-,73-,74-,75-,76-/m0/s1. The molecule has 8 atom stereocenters. The number of amides is 12. The molecule has 0 unspecified atom stereocenters. The van der Waals surface area contributed by atoms with Crippen LogP contribution in [0.3, 0.4) is 0 Å². The number of primary amides is 1. The van der Waals surface area contributed by atoms with Crippen molar-refractivity contribution in [3.8, 4) is 62.9 Å². The lowest BCUT2D eigenvalue weighted by atomic mass is 9.77. The summed E-state index contributed by atoms with van der Waals surface area (Å²) in [5.41, 5.74) is 8.35. The fourth-order valence-electron chi connectivity index (χ4n) is 17.1. The van der Waals surface area contributed by atoms with Gasteiger partial charge in [0.2, 0.25) is 70.3 Å². The van der Waals surface area contributed by atoms with Gasteiger partial charge in [-0.15, -0.1) is 0 Å². The molecule has 0 radical (unpaired) electrons. The summed E-state index contributed by atoms with van der Waals surface area (Å²) in [7, 11) is 4.36. The third-order valence-electron chi connectivity index (χ3n) is 23.6. The molecular formula is C97H108N14O24S. The number of ether oxygens (including phenoxy) is 5. The van der Waals surface area contributed by atoms with Crippen LogP contribution in [0.15, 0.2) is 163 Å². The van der Waals surface area contributed by atoms with Crippen LogP contribution in [0.5, 0.6) is 51.7 Å². The van der Waals surface area contributed by atoms with Crippen LogP contribution in [0.4, 0.5) is 16.2 Å². The van der Waals surface area contributed by atoms with Crippen molar-refractivity contribution in [2.24, 2.45) is 11.7 Å². The number of carboxylic acids is 1. The van der Waals surface area contributed by atoms with Crippen LogP contribution in [0.25, 0.3) is 11.1 Å². The molecule has 38 nitrogen and oxygen atoms in total. The third-order valence-corrected chi connectivity index (χ3v) is 23.8. The maximum Gasteiger partial charge on any atom is 0.340 e. The second-order valence-corrected chi connectivity index (χ2v) is 34.1. The number of methoxy groups -OCH3 is 3. The lowest BCUT2D eigenvalue weighted by molar-refractivity contribution is -0.143. The van der Waals surface area contributed by atoms with Gasteiger partial charge >= 0.3 is 18.0 Å². The van der Waals surface area contributed by atoms with E-state index in [2.05, 4.69) is 63.8 Å². The number of likely N-dealkylation sites (tertiary alicyclic amines) is 1. The number of thiocarbonyl (C=S) groups is 1. The number of aromatic hydroxyl groups is 4. The van der Waals surface area contributed by atoms with Gasteiger partial charge in [-0.3, -0.25) is 57.5 Å². The van der Waals surface area contributed by atoms with E-state index < -0.39 is 150 Å². The predicted octanol–water partition coefficient (Wildman–Crippen LogP) is 6.06. The van der Waals surface area contributed by atoms with E-state index in [4.69, 9.17) is 41.6 Å². The van der Waals surface area contributed by atoms with E-state index in [1.54, 1.807) is 80.6 Å². The molecule has 0 aromatic heterocycles. The Labute approximate surface area is 786 Å².